The maximum Gasteiger partial charge on any atom is 0.267 e. The first-order chi connectivity index (χ1) is 6.16. The molecule has 0 spiro atoms. The summed E-state index contributed by atoms with van der Waals surface area (Å²) in [6.45, 7) is 3.01. The molecular formula is C7H14NO4S2. The zero-order valence-corrected chi connectivity index (χ0v) is 9.73. The van der Waals surface area contributed by atoms with Crippen LogP contribution in [0.4, 0.5) is 0 Å². The summed E-state index contributed by atoms with van der Waals surface area (Å²) in [5, 5.41) is 2.43. The van der Waals surface area contributed by atoms with Crippen molar-refractivity contribution in [1.82, 2.24) is 5.32 Å². The minimum absolute atomic E-state index is 0.272. The number of thiol groups is 1. The van der Waals surface area contributed by atoms with Crippen LogP contribution in [-0.4, -0.2) is 35.9 Å². The molecule has 0 aliphatic heterocycles. The average Bonchev–Trinajstić information content (AvgIpc) is 1.78. The lowest BCUT2D eigenvalue weighted by Crippen LogP contribution is -2.48. The minimum Gasteiger partial charge on any atom is -0.350 e. The van der Waals surface area contributed by atoms with E-state index in [2.05, 4.69) is 17.9 Å². The van der Waals surface area contributed by atoms with Gasteiger partial charge in [0.05, 0.1) is 17.7 Å². The smallest absolute Gasteiger partial charge is 0.267 e. The number of rotatable bonds is 5. The normalized spacial score (nSPS) is 12.6. The Hall–Kier alpha value is -0.270. The van der Waals surface area contributed by atoms with Crippen LogP contribution >= 0.6 is 12.6 Å². The van der Waals surface area contributed by atoms with E-state index in [1.165, 1.54) is 20.3 Å². The highest BCUT2D eigenvalue weighted by Crippen LogP contribution is 2.05. The first-order valence-corrected chi connectivity index (χ1v) is 6.12. The molecule has 0 aromatic rings. The largest absolute Gasteiger partial charge is 0.350 e. The van der Waals surface area contributed by atoms with Gasteiger partial charge in [0.15, 0.2) is 0 Å². The predicted octanol–water partition coefficient (Wildman–Crippen LogP) is -0.0969. The van der Waals surface area contributed by atoms with Crippen molar-refractivity contribution in [2.24, 2.45) is 0 Å². The Balaban J connectivity index is 4.27. The van der Waals surface area contributed by atoms with Gasteiger partial charge < -0.3 is 5.32 Å². The van der Waals surface area contributed by atoms with Gasteiger partial charge in [-0.25, -0.2) is 0 Å². The van der Waals surface area contributed by atoms with Gasteiger partial charge in [-0.2, -0.15) is 21.0 Å². The van der Waals surface area contributed by atoms with Crippen molar-refractivity contribution in [3.8, 4) is 0 Å². The van der Waals surface area contributed by atoms with Gasteiger partial charge in [-0.15, -0.1) is 0 Å². The second-order valence-electron chi connectivity index (χ2n) is 3.49. The molecule has 1 radical (unpaired) electrons. The molecule has 0 aromatic carbocycles. The minimum atomic E-state index is -4.09. The molecule has 7 heteroatoms. The van der Waals surface area contributed by atoms with Crippen molar-refractivity contribution in [3.63, 3.8) is 0 Å². The van der Waals surface area contributed by atoms with Crippen molar-refractivity contribution in [1.29, 1.82) is 0 Å². The van der Waals surface area contributed by atoms with E-state index >= 15 is 0 Å². The molecular weight excluding hydrogens is 226 g/mol. The Morgan fingerprint density at radius 2 is 2.07 bits per heavy atom. The summed E-state index contributed by atoms with van der Waals surface area (Å²) in [5.41, 5.74) is -0.996. The van der Waals surface area contributed by atoms with Crippen molar-refractivity contribution >= 4 is 28.7 Å². The standard InChI is InChI=1S/C7H14NO4S2/c1-7(2,5-14(10,11)12)8-6(9)3-4-13/h3,13H,4-5H2,1-2H3,(H,8,9)(H,10,11,12). The Labute approximate surface area is 89.4 Å². The maximum absolute atomic E-state index is 11.1. The van der Waals surface area contributed by atoms with E-state index in [0.717, 1.165) is 0 Å². The van der Waals surface area contributed by atoms with E-state index in [4.69, 9.17) is 4.55 Å². The molecule has 0 unspecified atom stereocenters. The van der Waals surface area contributed by atoms with Gasteiger partial charge >= 0.3 is 0 Å². The molecule has 0 aliphatic rings. The van der Waals surface area contributed by atoms with Crippen molar-refractivity contribution in [2.45, 2.75) is 19.4 Å². The van der Waals surface area contributed by atoms with Gasteiger partial charge in [0.25, 0.3) is 10.1 Å². The summed E-state index contributed by atoms with van der Waals surface area (Å²) in [5.74, 6) is -0.659. The van der Waals surface area contributed by atoms with Crippen LogP contribution in [0.1, 0.15) is 13.8 Å². The fourth-order valence-electron chi connectivity index (χ4n) is 0.960. The third kappa shape index (κ3) is 7.16. The number of carbonyl (C=O) groups excluding carboxylic acids is 1. The Bertz CT molecular complexity index is 297. The quantitative estimate of drug-likeness (QED) is 0.463. The lowest BCUT2D eigenvalue weighted by molar-refractivity contribution is -0.119. The number of hydrogen-bond donors (Lipinski definition) is 3. The molecule has 14 heavy (non-hydrogen) atoms. The van der Waals surface area contributed by atoms with E-state index in [1.54, 1.807) is 0 Å². The SMILES string of the molecule is CC(C)(CS(=O)(=O)O)NC(=O)[CH]CS. The summed E-state index contributed by atoms with van der Waals surface area (Å²) in [6, 6.07) is 0. The lowest BCUT2D eigenvalue weighted by atomic mass is 10.1. The number of hydrogen-bond acceptors (Lipinski definition) is 4. The highest BCUT2D eigenvalue weighted by Gasteiger charge is 2.26. The fraction of sp³-hybridized carbons (Fsp3) is 0.714. The molecule has 2 N–H and O–H groups in total. The van der Waals surface area contributed by atoms with E-state index in [0.29, 0.717) is 0 Å². The molecule has 0 fully saturated rings. The second kappa shape index (κ2) is 4.99. The predicted molar refractivity (Wildman–Crippen MR) is 56.8 cm³/mol. The van der Waals surface area contributed by atoms with Gasteiger partial charge in [0, 0.05) is 5.75 Å². The summed E-state index contributed by atoms with van der Waals surface area (Å²) < 4.78 is 29.7. The van der Waals surface area contributed by atoms with Gasteiger partial charge in [0.2, 0.25) is 5.91 Å². The van der Waals surface area contributed by atoms with Crippen LogP contribution < -0.4 is 5.32 Å². The van der Waals surface area contributed by atoms with Crippen LogP contribution in [0.2, 0.25) is 0 Å². The summed E-state index contributed by atoms with van der Waals surface area (Å²) in [7, 11) is -4.09. The van der Waals surface area contributed by atoms with E-state index < -0.39 is 27.3 Å². The third-order valence-electron chi connectivity index (χ3n) is 1.28. The Kier molecular flexibility index (Phi) is 4.90. The molecule has 0 aromatic heterocycles. The fourth-order valence-corrected chi connectivity index (χ4v) is 2.11. The molecule has 0 aliphatic carbocycles. The number of nitrogens with one attached hydrogen (secondary N) is 1. The second-order valence-corrected chi connectivity index (χ2v) is 5.30. The molecule has 0 bridgehead atoms. The van der Waals surface area contributed by atoms with E-state index in [1.807, 2.05) is 0 Å². The molecule has 0 saturated carbocycles. The van der Waals surface area contributed by atoms with E-state index in [-0.39, 0.29) is 5.75 Å². The van der Waals surface area contributed by atoms with Crippen LogP contribution in [0, 0.1) is 6.42 Å². The summed E-state index contributed by atoms with van der Waals surface area (Å²) in [4.78, 5) is 11.1. The molecule has 0 atom stereocenters. The van der Waals surface area contributed by atoms with E-state index in [9.17, 15) is 13.2 Å². The molecule has 83 valence electrons. The monoisotopic (exact) mass is 240 g/mol. The summed E-state index contributed by atoms with van der Waals surface area (Å²) >= 11 is 3.81. The average molecular weight is 240 g/mol. The van der Waals surface area contributed by atoms with Crippen LogP contribution in [-0.2, 0) is 14.9 Å². The maximum atomic E-state index is 11.1. The van der Waals surface area contributed by atoms with Crippen LogP contribution in [0.3, 0.4) is 0 Å². The molecule has 1 amide bonds. The topological polar surface area (TPSA) is 83.5 Å². The van der Waals surface area contributed by atoms with Crippen LogP contribution in [0.15, 0.2) is 0 Å². The Morgan fingerprint density at radius 1 is 1.57 bits per heavy atom. The van der Waals surface area contributed by atoms with Crippen LogP contribution in [0.5, 0.6) is 0 Å². The first kappa shape index (κ1) is 13.7. The summed E-state index contributed by atoms with van der Waals surface area (Å²) in [6.07, 6.45) is 1.27. The Morgan fingerprint density at radius 3 is 2.43 bits per heavy atom. The highest BCUT2D eigenvalue weighted by molar-refractivity contribution is 7.85. The molecule has 0 heterocycles. The molecule has 0 saturated heterocycles. The highest BCUT2D eigenvalue weighted by atomic mass is 32.2. The van der Waals surface area contributed by atoms with Crippen molar-refractivity contribution < 1.29 is 17.8 Å². The van der Waals surface area contributed by atoms with Gasteiger partial charge in [0.1, 0.15) is 0 Å². The van der Waals surface area contributed by atoms with Gasteiger partial charge in [-0.05, 0) is 13.8 Å². The number of amides is 1. The lowest BCUT2D eigenvalue weighted by Gasteiger charge is -2.24. The van der Waals surface area contributed by atoms with Crippen molar-refractivity contribution in [3.05, 3.63) is 6.42 Å². The first-order valence-electron chi connectivity index (χ1n) is 3.88. The zero-order valence-electron chi connectivity index (χ0n) is 8.02. The molecule has 0 rings (SSSR count). The van der Waals surface area contributed by atoms with Gasteiger partial charge in [-0.3, -0.25) is 9.35 Å². The molecule has 5 nitrogen and oxygen atoms in total. The third-order valence-corrected chi connectivity index (χ3v) is 2.55. The van der Waals surface area contributed by atoms with Gasteiger partial charge in [-0.1, -0.05) is 0 Å². The zero-order chi connectivity index (χ0) is 11.4. The van der Waals surface area contributed by atoms with Crippen LogP contribution in [0.25, 0.3) is 0 Å². The number of carbonyl (C=O) groups is 1. The van der Waals surface area contributed by atoms with Crippen molar-refractivity contribution in [2.75, 3.05) is 11.5 Å².